The largest absolute Gasteiger partial charge is 0.494 e. The van der Waals surface area contributed by atoms with E-state index >= 15 is 0 Å². The Morgan fingerprint density at radius 2 is 1.26 bits per heavy atom. The molecule has 0 spiro atoms. The molecule has 38 heavy (non-hydrogen) atoms. The summed E-state index contributed by atoms with van der Waals surface area (Å²) in [7, 11) is 0. The molecule has 0 atom stereocenters. The first-order chi connectivity index (χ1) is 18.4. The highest BCUT2D eigenvalue weighted by molar-refractivity contribution is 5.92. The third kappa shape index (κ3) is 8.46. The van der Waals surface area contributed by atoms with E-state index in [0.29, 0.717) is 42.4 Å². The van der Waals surface area contributed by atoms with Gasteiger partial charge in [0, 0.05) is 6.08 Å². The topological polar surface area (TPSA) is 108 Å². The molecule has 196 valence electrons. The molecule has 1 N–H and O–H groups in total. The van der Waals surface area contributed by atoms with Gasteiger partial charge in [0.2, 0.25) is 0 Å². The average molecular weight is 517 g/mol. The minimum Gasteiger partial charge on any atom is -0.494 e. The van der Waals surface area contributed by atoms with Crippen LogP contribution >= 0.6 is 0 Å². The summed E-state index contributed by atoms with van der Waals surface area (Å²) in [4.78, 5) is 35.2. The fraction of sp³-hybridized carbons (Fsp3) is 0.167. The minimum absolute atomic E-state index is 0.0294. The van der Waals surface area contributed by atoms with Crippen molar-refractivity contribution in [2.45, 2.75) is 12.8 Å². The monoisotopic (exact) mass is 516 g/mol. The van der Waals surface area contributed by atoms with Gasteiger partial charge in [-0.25, -0.2) is 14.4 Å². The SMILES string of the molecule is C=CC(=O)OCCCCOc1ccc(OC(=O)c2ccc(-c3ccc(OC(=O)C(=C)CO)cc3)cc2)cc1. The van der Waals surface area contributed by atoms with E-state index in [1.807, 2.05) is 0 Å². The molecule has 0 saturated carbocycles. The summed E-state index contributed by atoms with van der Waals surface area (Å²) in [5.41, 5.74) is 2.08. The zero-order chi connectivity index (χ0) is 27.3. The van der Waals surface area contributed by atoms with E-state index < -0.39 is 24.5 Å². The number of aliphatic hydroxyl groups excluding tert-OH is 1. The van der Waals surface area contributed by atoms with Crippen LogP contribution in [-0.2, 0) is 14.3 Å². The quantitative estimate of drug-likeness (QED) is 0.148. The lowest BCUT2D eigenvalue weighted by molar-refractivity contribution is -0.138. The van der Waals surface area contributed by atoms with E-state index in [1.54, 1.807) is 72.8 Å². The van der Waals surface area contributed by atoms with Crippen molar-refractivity contribution in [1.29, 1.82) is 0 Å². The highest BCUT2D eigenvalue weighted by Gasteiger charge is 2.11. The Morgan fingerprint density at radius 1 is 0.737 bits per heavy atom. The van der Waals surface area contributed by atoms with Crippen molar-refractivity contribution in [3.63, 3.8) is 0 Å². The lowest BCUT2D eigenvalue weighted by atomic mass is 10.0. The maximum atomic E-state index is 12.5. The van der Waals surface area contributed by atoms with Crippen LogP contribution in [0.1, 0.15) is 23.2 Å². The molecule has 8 heteroatoms. The van der Waals surface area contributed by atoms with Crippen LogP contribution in [0.15, 0.2) is 97.6 Å². The molecule has 0 fully saturated rings. The predicted molar refractivity (Wildman–Crippen MR) is 141 cm³/mol. The van der Waals surface area contributed by atoms with Crippen LogP contribution in [0.4, 0.5) is 0 Å². The van der Waals surface area contributed by atoms with Gasteiger partial charge in [-0.05, 0) is 72.5 Å². The number of hydrogen-bond donors (Lipinski definition) is 1. The van der Waals surface area contributed by atoms with Crippen molar-refractivity contribution >= 4 is 17.9 Å². The van der Waals surface area contributed by atoms with Crippen LogP contribution in [0.3, 0.4) is 0 Å². The Morgan fingerprint density at radius 3 is 1.87 bits per heavy atom. The molecule has 3 aromatic carbocycles. The third-order valence-electron chi connectivity index (χ3n) is 5.25. The molecule has 0 amide bonds. The number of carbonyl (C=O) groups is 3. The minimum atomic E-state index is -0.689. The Balaban J connectivity index is 1.47. The molecule has 0 aliphatic rings. The second-order valence-electron chi connectivity index (χ2n) is 8.04. The summed E-state index contributed by atoms with van der Waals surface area (Å²) in [6.07, 6.45) is 2.52. The highest BCUT2D eigenvalue weighted by atomic mass is 16.5. The van der Waals surface area contributed by atoms with Gasteiger partial charge in [-0.1, -0.05) is 37.4 Å². The van der Waals surface area contributed by atoms with Crippen LogP contribution in [-0.4, -0.2) is 42.8 Å². The van der Waals surface area contributed by atoms with Gasteiger partial charge in [-0.3, -0.25) is 0 Å². The summed E-state index contributed by atoms with van der Waals surface area (Å²) in [6, 6.07) is 20.5. The van der Waals surface area contributed by atoms with E-state index in [4.69, 9.17) is 24.1 Å². The number of hydrogen-bond acceptors (Lipinski definition) is 8. The normalized spacial score (nSPS) is 10.2. The van der Waals surface area contributed by atoms with Gasteiger partial charge in [-0.2, -0.15) is 0 Å². The number of aliphatic hydroxyl groups is 1. The van der Waals surface area contributed by atoms with E-state index in [1.165, 1.54) is 0 Å². The molecule has 8 nitrogen and oxygen atoms in total. The third-order valence-corrected chi connectivity index (χ3v) is 5.25. The second kappa shape index (κ2) is 14.2. The molecule has 3 aromatic rings. The fourth-order valence-electron chi connectivity index (χ4n) is 3.15. The smallest absolute Gasteiger partial charge is 0.343 e. The highest BCUT2D eigenvalue weighted by Crippen LogP contribution is 2.24. The molecule has 3 rings (SSSR count). The fourth-order valence-corrected chi connectivity index (χ4v) is 3.15. The molecule has 0 aliphatic carbocycles. The first-order valence-corrected chi connectivity index (χ1v) is 11.8. The average Bonchev–Trinajstić information content (AvgIpc) is 2.95. The van der Waals surface area contributed by atoms with E-state index in [9.17, 15) is 14.4 Å². The molecule has 0 bridgehead atoms. The first kappa shape index (κ1) is 27.9. The zero-order valence-electron chi connectivity index (χ0n) is 20.8. The number of rotatable bonds is 13. The number of carbonyl (C=O) groups excluding carboxylic acids is 3. The van der Waals surface area contributed by atoms with Gasteiger partial charge in [0.05, 0.1) is 31.0 Å². The Kier molecular flexibility index (Phi) is 10.4. The summed E-state index contributed by atoms with van der Waals surface area (Å²) in [5.74, 6) is -0.271. The molecule has 0 heterocycles. The maximum Gasteiger partial charge on any atom is 0.343 e. The molecule has 0 unspecified atom stereocenters. The van der Waals surface area contributed by atoms with Crippen molar-refractivity contribution in [2.75, 3.05) is 19.8 Å². The standard InChI is InChI=1S/C30H28O8/c1-3-28(32)36-19-5-4-18-35-25-14-16-27(17-15-25)38-30(34)24-8-6-22(7-9-24)23-10-12-26(13-11-23)37-29(33)21(2)20-31/h3,6-17,31H,1-2,4-5,18-20H2. The van der Waals surface area contributed by atoms with Crippen molar-refractivity contribution in [1.82, 2.24) is 0 Å². The molecular weight excluding hydrogens is 488 g/mol. The van der Waals surface area contributed by atoms with Crippen molar-refractivity contribution in [2.24, 2.45) is 0 Å². The Labute approximate surface area is 220 Å². The van der Waals surface area contributed by atoms with Gasteiger partial charge in [0.1, 0.15) is 17.2 Å². The molecule has 0 aliphatic heterocycles. The van der Waals surface area contributed by atoms with Crippen LogP contribution in [0.2, 0.25) is 0 Å². The van der Waals surface area contributed by atoms with Gasteiger partial charge in [0.25, 0.3) is 0 Å². The lowest BCUT2D eigenvalue weighted by Crippen LogP contribution is -2.12. The Hall–Kier alpha value is -4.69. The van der Waals surface area contributed by atoms with Crippen LogP contribution in [0.25, 0.3) is 11.1 Å². The van der Waals surface area contributed by atoms with E-state index in [2.05, 4.69) is 13.2 Å². The molecule has 0 aromatic heterocycles. The zero-order valence-corrected chi connectivity index (χ0v) is 20.8. The van der Waals surface area contributed by atoms with Gasteiger partial charge < -0.3 is 24.1 Å². The van der Waals surface area contributed by atoms with Crippen molar-refractivity contribution in [3.05, 3.63) is 103 Å². The van der Waals surface area contributed by atoms with Gasteiger partial charge in [0.15, 0.2) is 0 Å². The van der Waals surface area contributed by atoms with Crippen molar-refractivity contribution in [3.8, 4) is 28.4 Å². The van der Waals surface area contributed by atoms with Crippen molar-refractivity contribution < 1.29 is 38.4 Å². The second-order valence-corrected chi connectivity index (χ2v) is 8.04. The Bertz CT molecular complexity index is 1260. The molecular formula is C30H28O8. The summed E-state index contributed by atoms with van der Waals surface area (Å²) in [5, 5.41) is 8.95. The maximum absolute atomic E-state index is 12.5. The summed E-state index contributed by atoms with van der Waals surface area (Å²) < 4.78 is 21.1. The van der Waals surface area contributed by atoms with E-state index in [0.717, 1.165) is 23.6 Å². The van der Waals surface area contributed by atoms with E-state index in [-0.39, 0.29) is 5.57 Å². The molecule has 0 radical (unpaired) electrons. The first-order valence-electron chi connectivity index (χ1n) is 11.8. The van der Waals surface area contributed by atoms with Crippen LogP contribution < -0.4 is 14.2 Å². The number of unbranched alkanes of at least 4 members (excludes halogenated alkanes) is 1. The number of esters is 3. The summed E-state index contributed by atoms with van der Waals surface area (Å²) >= 11 is 0. The van der Waals surface area contributed by atoms with Gasteiger partial charge in [-0.15, -0.1) is 0 Å². The van der Waals surface area contributed by atoms with Crippen LogP contribution in [0, 0.1) is 0 Å². The number of ether oxygens (including phenoxy) is 4. The van der Waals surface area contributed by atoms with Crippen LogP contribution in [0.5, 0.6) is 17.2 Å². The predicted octanol–water partition coefficient (Wildman–Crippen LogP) is 4.91. The number of benzene rings is 3. The summed E-state index contributed by atoms with van der Waals surface area (Å²) in [6.45, 7) is 7.08. The lowest BCUT2D eigenvalue weighted by Gasteiger charge is -2.09. The van der Waals surface area contributed by atoms with Gasteiger partial charge >= 0.3 is 17.9 Å². The molecule has 0 saturated heterocycles.